The average Bonchev–Trinajstić information content (AvgIpc) is 3.02. The molecule has 3 aromatic rings. The summed E-state index contributed by atoms with van der Waals surface area (Å²) in [6.07, 6.45) is 1.62. The number of carbonyl (C=O) groups excluding carboxylic acids is 2. The number of nitrogens with one attached hydrogen (secondary N) is 1. The Morgan fingerprint density at radius 1 is 0.967 bits per heavy atom. The molecule has 0 spiro atoms. The van der Waals surface area contributed by atoms with Crippen molar-refractivity contribution in [2.75, 3.05) is 4.90 Å². The fourth-order valence-electron chi connectivity index (χ4n) is 2.99. The van der Waals surface area contributed by atoms with Crippen LogP contribution < -0.4 is 15.0 Å². The van der Waals surface area contributed by atoms with Crippen LogP contribution >= 0.6 is 34.2 Å². The molecule has 0 atom stereocenters. The van der Waals surface area contributed by atoms with Crippen molar-refractivity contribution in [1.29, 1.82) is 0 Å². The van der Waals surface area contributed by atoms with E-state index in [1.54, 1.807) is 30.3 Å². The molecular weight excluding hydrogens is 515 g/mol. The van der Waals surface area contributed by atoms with Crippen molar-refractivity contribution in [3.05, 3.63) is 98.2 Å². The van der Waals surface area contributed by atoms with Gasteiger partial charge in [-0.15, -0.1) is 0 Å². The fourth-order valence-corrected chi connectivity index (χ4v) is 3.47. The van der Waals surface area contributed by atoms with E-state index >= 15 is 0 Å². The molecule has 7 heteroatoms. The smallest absolute Gasteiger partial charge is 0.333 e. The predicted molar refractivity (Wildman–Crippen MR) is 125 cm³/mol. The Bertz CT molecular complexity index is 1130. The summed E-state index contributed by atoms with van der Waals surface area (Å²) in [4.78, 5) is 26.3. The molecule has 1 aliphatic rings. The number of ether oxygens (including phenoxy) is 1. The molecule has 0 bridgehead atoms. The lowest BCUT2D eigenvalue weighted by molar-refractivity contribution is -0.113. The van der Waals surface area contributed by atoms with Gasteiger partial charge in [-0.2, -0.15) is 0 Å². The van der Waals surface area contributed by atoms with Gasteiger partial charge in [0.15, 0.2) is 0 Å². The van der Waals surface area contributed by atoms with Crippen LogP contribution in [0.3, 0.4) is 0 Å². The van der Waals surface area contributed by atoms with Crippen molar-refractivity contribution in [2.24, 2.45) is 0 Å². The van der Waals surface area contributed by atoms with Gasteiger partial charge in [0.2, 0.25) is 0 Å². The Labute approximate surface area is 192 Å². The zero-order valence-corrected chi connectivity index (χ0v) is 18.6. The first-order valence-corrected chi connectivity index (χ1v) is 10.6. The van der Waals surface area contributed by atoms with Crippen LogP contribution in [0, 0.1) is 3.57 Å². The van der Waals surface area contributed by atoms with Crippen LogP contribution in [0.25, 0.3) is 6.08 Å². The lowest BCUT2D eigenvalue weighted by atomic mass is 10.1. The Hall–Kier alpha value is -2.84. The molecule has 0 aliphatic carbocycles. The summed E-state index contributed by atoms with van der Waals surface area (Å²) >= 11 is 8.15. The summed E-state index contributed by atoms with van der Waals surface area (Å²) < 4.78 is 7.12. The SMILES string of the molecule is O=C1N/C(=C/c2ccccc2OCc2ccc(I)cc2)C(=O)N1c1ccc(Cl)cc1. The summed E-state index contributed by atoms with van der Waals surface area (Å²) in [5.41, 5.74) is 2.37. The summed E-state index contributed by atoms with van der Waals surface area (Å²) in [6.45, 7) is 0.397. The molecular formula is C23H16ClIN2O3. The quantitative estimate of drug-likeness (QED) is 0.265. The maximum absolute atomic E-state index is 12.8. The number of nitrogens with zero attached hydrogens (tertiary/aromatic N) is 1. The first-order valence-electron chi connectivity index (χ1n) is 9.10. The van der Waals surface area contributed by atoms with Gasteiger partial charge in [-0.3, -0.25) is 4.79 Å². The van der Waals surface area contributed by atoms with E-state index in [9.17, 15) is 9.59 Å². The molecule has 30 heavy (non-hydrogen) atoms. The van der Waals surface area contributed by atoms with Crippen molar-refractivity contribution in [3.63, 3.8) is 0 Å². The summed E-state index contributed by atoms with van der Waals surface area (Å²) in [5, 5.41) is 3.16. The number of hydrogen-bond acceptors (Lipinski definition) is 3. The number of hydrogen-bond donors (Lipinski definition) is 1. The summed E-state index contributed by atoms with van der Waals surface area (Å²) in [6, 6.07) is 21.4. The molecule has 3 amide bonds. The first kappa shape index (κ1) is 20.4. The van der Waals surface area contributed by atoms with E-state index in [2.05, 4.69) is 27.9 Å². The van der Waals surface area contributed by atoms with Crippen molar-refractivity contribution in [2.45, 2.75) is 6.61 Å². The van der Waals surface area contributed by atoms with E-state index in [4.69, 9.17) is 16.3 Å². The molecule has 1 aliphatic heterocycles. The Morgan fingerprint density at radius 2 is 1.67 bits per heavy atom. The Kier molecular flexibility index (Phi) is 6.06. The zero-order valence-electron chi connectivity index (χ0n) is 15.6. The van der Waals surface area contributed by atoms with E-state index < -0.39 is 11.9 Å². The molecule has 150 valence electrons. The number of para-hydroxylation sites is 1. The molecule has 5 nitrogen and oxygen atoms in total. The molecule has 1 N–H and O–H groups in total. The minimum atomic E-state index is -0.508. The van der Waals surface area contributed by atoms with Crippen LogP contribution in [0.4, 0.5) is 10.5 Å². The number of anilines is 1. The van der Waals surface area contributed by atoms with E-state index in [1.807, 2.05) is 48.5 Å². The molecule has 1 saturated heterocycles. The minimum Gasteiger partial charge on any atom is -0.488 e. The minimum absolute atomic E-state index is 0.181. The van der Waals surface area contributed by atoms with Crippen molar-refractivity contribution >= 4 is 57.9 Å². The number of rotatable bonds is 5. The first-order chi connectivity index (χ1) is 14.5. The predicted octanol–water partition coefficient (Wildman–Crippen LogP) is 5.62. The van der Waals surface area contributed by atoms with Crippen LogP contribution in [0.15, 0.2) is 78.5 Å². The highest BCUT2D eigenvalue weighted by molar-refractivity contribution is 14.1. The van der Waals surface area contributed by atoms with Crippen LogP contribution in [0.2, 0.25) is 5.02 Å². The van der Waals surface area contributed by atoms with Crippen molar-refractivity contribution in [1.82, 2.24) is 5.32 Å². The lowest BCUT2D eigenvalue weighted by Crippen LogP contribution is -2.30. The van der Waals surface area contributed by atoms with Gasteiger partial charge in [-0.05, 0) is 76.7 Å². The largest absolute Gasteiger partial charge is 0.488 e. The molecule has 0 aromatic heterocycles. The van der Waals surface area contributed by atoms with Crippen LogP contribution in [-0.4, -0.2) is 11.9 Å². The Morgan fingerprint density at radius 3 is 2.40 bits per heavy atom. The summed E-state index contributed by atoms with van der Waals surface area (Å²) in [5.74, 6) is 0.185. The number of amides is 3. The third-order valence-corrected chi connectivity index (χ3v) is 5.46. The highest BCUT2D eigenvalue weighted by atomic mass is 127. The van der Waals surface area contributed by atoms with Gasteiger partial charge in [-0.25, -0.2) is 9.69 Å². The monoisotopic (exact) mass is 530 g/mol. The standard InChI is InChI=1S/C23H16ClIN2O3/c24-17-7-11-19(12-8-17)27-22(28)20(26-23(27)29)13-16-3-1-2-4-21(16)30-14-15-5-9-18(25)10-6-15/h1-13H,14H2,(H,26,29)/b20-13+. The second kappa shape index (κ2) is 8.89. The topological polar surface area (TPSA) is 58.6 Å². The fraction of sp³-hybridized carbons (Fsp3) is 0.0435. The molecule has 0 radical (unpaired) electrons. The van der Waals surface area contributed by atoms with E-state index in [0.717, 1.165) is 14.0 Å². The van der Waals surface area contributed by atoms with Crippen molar-refractivity contribution < 1.29 is 14.3 Å². The lowest BCUT2D eigenvalue weighted by Gasteiger charge is -2.11. The molecule has 1 fully saturated rings. The number of imide groups is 1. The van der Waals surface area contributed by atoms with Crippen molar-refractivity contribution in [3.8, 4) is 5.75 Å². The molecule has 0 unspecified atom stereocenters. The number of carbonyl (C=O) groups is 2. The number of benzene rings is 3. The second-order valence-corrected chi connectivity index (χ2v) is 8.24. The Balaban J connectivity index is 1.56. The van der Waals surface area contributed by atoms with Crippen LogP contribution in [-0.2, 0) is 11.4 Å². The molecule has 4 rings (SSSR count). The number of urea groups is 1. The van der Waals surface area contributed by atoms with Gasteiger partial charge >= 0.3 is 6.03 Å². The highest BCUT2D eigenvalue weighted by Crippen LogP contribution is 2.27. The second-order valence-electron chi connectivity index (χ2n) is 6.56. The van der Waals surface area contributed by atoms with Gasteiger partial charge in [-0.1, -0.05) is 41.9 Å². The maximum atomic E-state index is 12.8. The van der Waals surface area contributed by atoms with Gasteiger partial charge in [0.05, 0.1) is 5.69 Å². The van der Waals surface area contributed by atoms with Gasteiger partial charge in [0.1, 0.15) is 18.1 Å². The zero-order chi connectivity index (χ0) is 21.1. The van der Waals surface area contributed by atoms with Crippen LogP contribution in [0.1, 0.15) is 11.1 Å². The van der Waals surface area contributed by atoms with E-state index in [-0.39, 0.29) is 5.70 Å². The number of halogens is 2. The van der Waals surface area contributed by atoms with E-state index in [0.29, 0.717) is 28.6 Å². The molecule has 3 aromatic carbocycles. The third-order valence-electron chi connectivity index (χ3n) is 4.49. The normalized spacial score (nSPS) is 14.9. The van der Waals surface area contributed by atoms with Gasteiger partial charge in [0, 0.05) is 14.2 Å². The maximum Gasteiger partial charge on any atom is 0.333 e. The van der Waals surface area contributed by atoms with E-state index in [1.165, 1.54) is 0 Å². The highest BCUT2D eigenvalue weighted by Gasteiger charge is 2.34. The molecule has 0 saturated carbocycles. The van der Waals surface area contributed by atoms with Crippen LogP contribution in [0.5, 0.6) is 5.75 Å². The summed E-state index contributed by atoms with van der Waals surface area (Å²) in [7, 11) is 0. The average molecular weight is 531 g/mol. The van der Waals surface area contributed by atoms with Gasteiger partial charge in [0.25, 0.3) is 5.91 Å². The van der Waals surface area contributed by atoms with Gasteiger partial charge < -0.3 is 10.1 Å². The molecule has 1 heterocycles. The third kappa shape index (κ3) is 4.49.